The van der Waals surface area contributed by atoms with E-state index < -0.39 is 5.54 Å². The second-order valence-electron chi connectivity index (χ2n) is 6.77. The predicted octanol–water partition coefficient (Wildman–Crippen LogP) is 3.37. The molecule has 2 aromatic heterocycles. The molecule has 0 aliphatic rings. The number of aromatic nitrogens is 4. The summed E-state index contributed by atoms with van der Waals surface area (Å²) in [6.07, 6.45) is 5.36. The first-order valence-electron chi connectivity index (χ1n) is 8.22. The van der Waals surface area contributed by atoms with Crippen LogP contribution in [-0.2, 0) is 10.3 Å². The van der Waals surface area contributed by atoms with E-state index >= 15 is 0 Å². The lowest BCUT2D eigenvalue weighted by molar-refractivity contribution is -0.123. The van der Waals surface area contributed by atoms with Gasteiger partial charge in [0.25, 0.3) is 0 Å². The molecular weight excluding hydrogens is 314 g/mol. The van der Waals surface area contributed by atoms with E-state index in [1.54, 1.807) is 6.33 Å². The lowest BCUT2D eigenvalue weighted by Crippen LogP contribution is -2.39. The van der Waals surface area contributed by atoms with Crippen LogP contribution in [0.1, 0.15) is 30.9 Å². The molecule has 0 atom stereocenters. The average Bonchev–Trinajstić information content (AvgIpc) is 3.16. The summed E-state index contributed by atoms with van der Waals surface area (Å²) < 4.78 is 3.85. The van der Waals surface area contributed by atoms with E-state index in [1.807, 2.05) is 80.5 Å². The molecule has 1 aromatic carbocycles. The van der Waals surface area contributed by atoms with Crippen molar-refractivity contribution in [2.75, 3.05) is 5.32 Å². The van der Waals surface area contributed by atoms with Crippen molar-refractivity contribution in [3.8, 4) is 5.69 Å². The summed E-state index contributed by atoms with van der Waals surface area (Å²) in [5, 5.41) is 2.98. The predicted molar refractivity (Wildman–Crippen MR) is 98.0 cm³/mol. The van der Waals surface area contributed by atoms with Gasteiger partial charge in [-0.2, -0.15) is 0 Å². The van der Waals surface area contributed by atoms with Crippen LogP contribution in [0.15, 0.2) is 43.1 Å². The number of benzene rings is 1. The van der Waals surface area contributed by atoms with Gasteiger partial charge in [-0.05, 0) is 58.9 Å². The number of rotatable bonds is 4. The van der Waals surface area contributed by atoms with Gasteiger partial charge < -0.3 is 14.5 Å². The Morgan fingerprint density at radius 3 is 2.24 bits per heavy atom. The molecular formula is C19H23N5O. The molecule has 2 heterocycles. The van der Waals surface area contributed by atoms with Crippen LogP contribution in [-0.4, -0.2) is 25.0 Å². The largest absolute Gasteiger partial charge is 0.324 e. The zero-order chi connectivity index (χ0) is 18.2. The van der Waals surface area contributed by atoms with E-state index in [4.69, 9.17) is 0 Å². The van der Waals surface area contributed by atoms with Crippen molar-refractivity contribution in [3.05, 3.63) is 60.2 Å². The number of imidazole rings is 2. The van der Waals surface area contributed by atoms with Crippen LogP contribution in [0, 0.1) is 20.8 Å². The summed E-state index contributed by atoms with van der Waals surface area (Å²) in [5.41, 5.74) is 4.05. The molecule has 3 aromatic rings. The summed E-state index contributed by atoms with van der Waals surface area (Å²) in [6, 6.07) is 7.74. The van der Waals surface area contributed by atoms with Crippen molar-refractivity contribution in [1.29, 1.82) is 0 Å². The van der Waals surface area contributed by atoms with E-state index in [0.29, 0.717) is 0 Å². The van der Waals surface area contributed by atoms with Gasteiger partial charge in [-0.3, -0.25) is 4.79 Å². The Balaban J connectivity index is 1.77. The third-order valence-electron chi connectivity index (χ3n) is 4.57. The molecule has 0 saturated carbocycles. The normalized spacial score (nSPS) is 11.6. The summed E-state index contributed by atoms with van der Waals surface area (Å²) in [5.74, 6) is -0.0905. The number of hydrogen-bond donors (Lipinski definition) is 1. The molecule has 25 heavy (non-hydrogen) atoms. The molecule has 3 rings (SSSR count). The number of nitrogens with zero attached hydrogens (tertiary/aromatic N) is 4. The fourth-order valence-electron chi connectivity index (χ4n) is 2.59. The number of amides is 1. The fourth-order valence-corrected chi connectivity index (χ4v) is 2.59. The minimum atomic E-state index is -0.724. The van der Waals surface area contributed by atoms with Crippen molar-refractivity contribution in [2.45, 2.75) is 40.2 Å². The molecule has 0 fully saturated rings. The van der Waals surface area contributed by atoms with Crippen LogP contribution in [0.5, 0.6) is 0 Å². The summed E-state index contributed by atoms with van der Waals surface area (Å²) >= 11 is 0. The average molecular weight is 337 g/mol. The van der Waals surface area contributed by atoms with Gasteiger partial charge in [0.2, 0.25) is 5.91 Å². The van der Waals surface area contributed by atoms with E-state index in [-0.39, 0.29) is 5.91 Å². The standard InChI is InChI=1S/C19H23N5O/c1-13-10-23(11-20-13)19(4,5)18(25)22-16-6-8-17(9-7-16)24-12-21-14(2)15(24)3/h6-12H,1-5H3,(H,22,25). The van der Waals surface area contributed by atoms with Crippen LogP contribution >= 0.6 is 0 Å². The van der Waals surface area contributed by atoms with Crippen LogP contribution in [0.25, 0.3) is 5.69 Å². The van der Waals surface area contributed by atoms with Crippen molar-refractivity contribution in [1.82, 2.24) is 19.1 Å². The minimum Gasteiger partial charge on any atom is -0.324 e. The first-order valence-corrected chi connectivity index (χ1v) is 8.22. The van der Waals surface area contributed by atoms with Crippen molar-refractivity contribution in [3.63, 3.8) is 0 Å². The van der Waals surface area contributed by atoms with Gasteiger partial charge in [0.05, 0.1) is 24.0 Å². The number of carbonyl (C=O) groups excluding carboxylic acids is 1. The maximum absolute atomic E-state index is 12.7. The van der Waals surface area contributed by atoms with Crippen LogP contribution in [0.3, 0.4) is 0 Å². The Morgan fingerprint density at radius 2 is 1.72 bits per heavy atom. The van der Waals surface area contributed by atoms with Crippen molar-refractivity contribution < 1.29 is 4.79 Å². The zero-order valence-electron chi connectivity index (χ0n) is 15.2. The van der Waals surface area contributed by atoms with Gasteiger partial charge >= 0.3 is 0 Å². The van der Waals surface area contributed by atoms with E-state index in [1.165, 1.54) is 0 Å². The summed E-state index contributed by atoms with van der Waals surface area (Å²) in [4.78, 5) is 21.2. The third kappa shape index (κ3) is 3.20. The third-order valence-corrected chi connectivity index (χ3v) is 4.57. The number of anilines is 1. The van der Waals surface area contributed by atoms with Crippen LogP contribution in [0.4, 0.5) is 5.69 Å². The fraction of sp³-hybridized carbons (Fsp3) is 0.316. The van der Waals surface area contributed by atoms with E-state index in [9.17, 15) is 4.79 Å². The molecule has 6 nitrogen and oxygen atoms in total. The maximum atomic E-state index is 12.7. The Hall–Kier alpha value is -2.89. The van der Waals surface area contributed by atoms with Gasteiger partial charge in [0, 0.05) is 23.3 Å². The second-order valence-corrected chi connectivity index (χ2v) is 6.77. The molecule has 130 valence electrons. The SMILES string of the molecule is Cc1cn(C(C)(C)C(=O)Nc2ccc(-n3cnc(C)c3C)cc2)cn1. The molecule has 0 radical (unpaired) electrons. The van der Waals surface area contributed by atoms with Gasteiger partial charge in [0.15, 0.2) is 0 Å². The highest BCUT2D eigenvalue weighted by Crippen LogP contribution is 2.21. The lowest BCUT2D eigenvalue weighted by Gasteiger charge is -2.25. The van der Waals surface area contributed by atoms with E-state index in [0.717, 1.165) is 28.5 Å². The highest BCUT2D eigenvalue weighted by atomic mass is 16.2. The molecule has 6 heteroatoms. The first-order chi connectivity index (χ1) is 11.8. The molecule has 1 N–H and O–H groups in total. The quantitative estimate of drug-likeness (QED) is 0.794. The maximum Gasteiger partial charge on any atom is 0.250 e. The Morgan fingerprint density at radius 1 is 1.04 bits per heavy atom. The Kier molecular flexibility index (Phi) is 4.20. The molecule has 0 aliphatic heterocycles. The molecule has 0 aliphatic carbocycles. The summed E-state index contributed by atoms with van der Waals surface area (Å²) in [6.45, 7) is 9.67. The van der Waals surface area contributed by atoms with Crippen molar-refractivity contribution >= 4 is 11.6 Å². The molecule has 1 amide bonds. The summed E-state index contributed by atoms with van der Waals surface area (Å²) in [7, 11) is 0. The van der Waals surface area contributed by atoms with Gasteiger partial charge in [-0.1, -0.05) is 0 Å². The minimum absolute atomic E-state index is 0.0905. The topological polar surface area (TPSA) is 64.7 Å². The van der Waals surface area contributed by atoms with Gasteiger partial charge in [-0.25, -0.2) is 9.97 Å². The van der Waals surface area contributed by atoms with Gasteiger partial charge in [-0.15, -0.1) is 0 Å². The smallest absolute Gasteiger partial charge is 0.250 e. The monoisotopic (exact) mass is 337 g/mol. The first kappa shape index (κ1) is 17.0. The molecule has 0 unspecified atom stereocenters. The highest BCUT2D eigenvalue weighted by Gasteiger charge is 2.29. The van der Waals surface area contributed by atoms with E-state index in [2.05, 4.69) is 15.3 Å². The highest BCUT2D eigenvalue weighted by molar-refractivity contribution is 5.96. The molecule has 0 saturated heterocycles. The second kappa shape index (κ2) is 6.20. The molecule has 0 bridgehead atoms. The lowest BCUT2D eigenvalue weighted by atomic mass is 10.0. The van der Waals surface area contributed by atoms with Crippen molar-refractivity contribution in [2.24, 2.45) is 0 Å². The molecule has 0 spiro atoms. The van der Waals surface area contributed by atoms with Crippen LogP contribution in [0.2, 0.25) is 0 Å². The Bertz CT molecular complexity index is 902. The van der Waals surface area contributed by atoms with Gasteiger partial charge in [0.1, 0.15) is 5.54 Å². The number of nitrogens with one attached hydrogen (secondary N) is 1. The Labute approximate surface area is 147 Å². The van der Waals surface area contributed by atoms with Crippen LogP contribution < -0.4 is 5.32 Å². The zero-order valence-corrected chi connectivity index (χ0v) is 15.2. The number of hydrogen-bond acceptors (Lipinski definition) is 3. The number of carbonyl (C=O) groups is 1. The number of aryl methyl sites for hydroxylation is 2.